The van der Waals surface area contributed by atoms with E-state index in [4.69, 9.17) is 9.47 Å². The van der Waals surface area contributed by atoms with Crippen LogP contribution < -0.4 is 10.6 Å². The highest BCUT2D eigenvalue weighted by Gasteiger charge is 2.29. The monoisotopic (exact) mass is 298 g/mol. The normalized spacial score (nSPS) is 30.1. The number of hydrogen-bond acceptors (Lipinski definition) is 4. The van der Waals surface area contributed by atoms with Gasteiger partial charge in [0.15, 0.2) is 0 Å². The van der Waals surface area contributed by atoms with Gasteiger partial charge in [-0.2, -0.15) is 0 Å². The van der Waals surface area contributed by atoms with Crippen molar-refractivity contribution < 1.29 is 14.3 Å². The molecule has 0 aromatic carbocycles. The van der Waals surface area contributed by atoms with Crippen LogP contribution in [0.5, 0.6) is 0 Å². The van der Waals surface area contributed by atoms with Gasteiger partial charge < -0.3 is 20.1 Å². The molecule has 5 nitrogen and oxygen atoms in total. The van der Waals surface area contributed by atoms with Crippen LogP contribution in [0.2, 0.25) is 0 Å². The van der Waals surface area contributed by atoms with Crippen molar-refractivity contribution in [2.45, 2.75) is 70.6 Å². The third kappa shape index (κ3) is 5.83. The molecular weight excluding hydrogens is 268 g/mol. The van der Waals surface area contributed by atoms with E-state index in [-0.39, 0.29) is 6.09 Å². The summed E-state index contributed by atoms with van der Waals surface area (Å²) >= 11 is 0. The van der Waals surface area contributed by atoms with Gasteiger partial charge in [-0.15, -0.1) is 0 Å². The summed E-state index contributed by atoms with van der Waals surface area (Å²) in [6, 6.07) is 0.970. The van der Waals surface area contributed by atoms with E-state index in [2.05, 4.69) is 10.6 Å². The molecular formula is C16H30N2O3. The molecule has 2 N–H and O–H groups in total. The van der Waals surface area contributed by atoms with Crippen molar-refractivity contribution in [3.05, 3.63) is 0 Å². The van der Waals surface area contributed by atoms with Crippen LogP contribution in [0, 0.1) is 5.92 Å². The van der Waals surface area contributed by atoms with Gasteiger partial charge in [0.2, 0.25) is 0 Å². The zero-order valence-corrected chi connectivity index (χ0v) is 13.6. The molecule has 21 heavy (non-hydrogen) atoms. The highest BCUT2D eigenvalue weighted by atomic mass is 16.6. The van der Waals surface area contributed by atoms with E-state index < -0.39 is 5.60 Å². The molecule has 1 aliphatic carbocycles. The van der Waals surface area contributed by atoms with Gasteiger partial charge >= 0.3 is 6.09 Å². The molecule has 5 heteroatoms. The van der Waals surface area contributed by atoms with E-state index in [0.29, 0.717) is 24.5 Å². The molecule has 1 saturated carbocycles. The lowest BCUT2D eigenvalue weighted by Crippen LogP contribution is -2.48. The molecule has 122 valence electrons. The number of hydrogen-bond donors (Lipinski definition) is 2. The molecule has 1 amide bonds. The Morgan fingerprint density at radius 1 is 1.24 bits per heavy atom. The smallest absolute Gasteiger partial charge is 0.407 e. The van der Waals surface area contributed by atoms with Gasteiger partial charge in [0.25, 0.3) is 0 Å². The Labute approximate surface area is 128 Å². The van der Waals surface area contributed by atoms with E-state index in [1.165, 1.54) is 25.7 Å². The van der Waals surface area contributed by atoms with Crippen LogP contribution in [-0.4, -0.2) is 43.5 Å². The number of alkyl carbamates (subject to hydrolysis) is 1. The maximum atomic E-state index is 11.8. The van der Waals surface area contributed by atoms with E-state index in [9.17, 15) is 4.79 Å². The van der Waals surface area contributed by atoms with Crippen molar-refractivity contribution >= 4 is 6.09 Å². The van der Waals surface area contributed by atoms with Crippen LogP contribution in [0.3, 0.4) is 0 Å². The number of rotatable bonds is 4. The quantitative estimate of drug-likeness (QED) is 0.837. The molecule has 2 aliphatic rings. The molecule has 2 rings (SSSR count). The molecule has 0 aromatic rings. The van der Waals surface area contributed by atoms with Crippen molar-refractivity contribution in [1.82, 2.24) is 10.6 Å². The summed E-state index contributed by atoms with van der Waals surface area (Å²) in [6.07, 6.45) is 5.67. The number of nitrogens with one attached hydrogen (secondary N) is 2. The second-order valence-corrected chi connectivity index (χ2v) is 7.26. The summed E-state index contributed by atoms with van der Waals surface area (Å²) in [5.74, 6) is 0.492. The standard InChI is InChI=1S/C16H30N2O3/c1-16(2,3)21-15(19)17-10-12-6-4-5-7-14(12)18-13-8-9-20-11-13/h12-14,18H,4-11H2,1-3H3,(H,17,19)/t12-,13-,14-/m0/s1. The molecule has 1 aliphatic heterocycles. The van der Waals surface area contributed by atoms with E-state index in [0.717, 1.165) is 19.6 Å². The maximum absolute atomic E-state index is 11.8. The zero-order valence-electron chi connectivity index (χ0n) is 13.6. The van der Waals surface area contributed by atoms with Crippen molar-refractivity contribution in [2.24, 2.45) is 5.92 Å². The van der Waals surface area contributed by atoms with Gasteiger partial charge in [-0.05, 0) is 46.0 Å². The molecule has 2 fully saturated rings. The largest absolute Gasteiger partial charge is 0.444 e. The lowest BCUT2D eigenvalue weighted by Gasteiger charge is -2.34. The minimum absolute atomic E-state index is 0.309. The second-order valence-electron chi connectivity index (χ2n) is 7.26. The van der Waals surface area contributed by atoms with Crippen molar-refractivity contribution in [3.63, 3.8) is 0 Å². The third-order valence-electron chi connectivity index (χ3n) is 4.20. The topological polar surface area (TPSA) is 59.6 Å². The first kappa shape index (κ1) is 16.6. The first-order chi connectivity index (χ1) is 9.94. The van der Waals surface area contributed by atoms with E-state index in [1.54, 1.807) is 0 Å². The number of carbonyl (C=O) groups excluding carboxylic acids is 1. The van der Waals surface area contributed by atoms with Gasteiger partial charge in [-0.25, -0.2) is 4.79 Å². The SMILES string of the molecule is CC(C)(C)OC(=O)NC[C@@H]1CCCC[C@@H]1N[C@H]1CCOC1. The Bertz CT molecular complexity index is 335. The van der Waals surface area contributed by atoms with Gasteiger partial charge in [0, 0.05) is 25.2 Å². The summed E-state index contributed by atoms with van der Waals surface area (Å²) in [4.78, 5) is 11.8. The van der Waals surface area contributed by atoms with Crippen LogP contribution in [0.1, 0.15) is 52.9 Å². The first-order valence-corrected chi connectivity index (χ1v) is 8.25. The first-order valence-electron chi connectivity index (χ1n) is 8.25. The Balaban J connectivity index is 1.77. The van der Waals surface area contributed by atoms with Crippen LogP contribution in [0.15, 0.2) is 0 Å². The molecule has 0 bridgehead atoms. The van der Waals surface area contributed by atoms with Crippen molar-refractivity contribution in [3.8, 4) is 0 Å². The van der Waals surface area contributed by atoms with Gasteiger partial charge in [0.1, 0.15) is 5.60 Å². The third-order valence-corrected chi connectivity index (χ3v) is 4.20. The molecule has 1 heterocycles. The van der Waals surface area contributed by atoms with Gasteiger partial charge in [-0.3, -0.25) is 0 Å². The maximum Gasteiger partial charge on any atom is 0.407 e. The van der Waals surface area contributed by atoms with Crippen LogP contribution in [0.4, 0.5) is 4.79 Å². The summed E-state index contributed by atoms with van der Waals surface area (Å²) in [5, 5.41) is 6.65. The number of carbonyl (C=O) groups is 1. The summed E-state index contributed by atoms with van der Waals surface area (Å²) in [7, 11) is 0. The fourth-order valence-corrected chi connectivity index (χ4v) is 3.17. The second kappa shape index (κ2) is 7.45. The number of ether oxygens (including phenoxy) is 2. The van der Waals surface area contributed by atoms with Crippen molar-refractivity contribution in [2.75, 3.05) is 19.8 Å². The Kier molecular flexibility index (Phi) is 5.88. The molecule has 0 radical (unpaired) electrons. The zero-order chi connectivity index (χ0) is 15.3. The highest BCUT2D eigenvalue weighted by molar-refractivity contribution is 5.67. The molecule has 0 aromatic heterocycles. The van der Waals surface area contributed by atoms with Crippen LogP contribution in [-0.2, 0) is 9.47 Å². The highest BCUT2D eigenvalue weighted by Crippen LogP contribution is 2.25. The Morgan fingerprint density at radius 2 is 2.00 bits per heavy atom. The average molecular weight is 298 g/mol. The molecule has 3 atom stereocenters. The van der Waals surface area contributed by atoms with Gasteiger partial charge in [-0.1, -0.05) is 12.8 Å². The summed E-state index contributed by atoms with van der Waals surface area (Å²) in [6.45, 7) is 8.04. The minimum Gasteiger partial charge on any atom is -0.444 e. The predicted octanol–water partition coefficient (Wildman–Crippen LogP) is 2.45. The van der Waals surface area contributed by atoms with Crippen molar-refractivity contribution in [1.29, 1.82) is 0 Å². The van der Waals surface area contributed by atoms with E-state index >= 15 is 0 Å². The van der Waals surface area contributed by atoms with E-state index in [1.807, 2.05) is 20.8 Å². The fraction of sp³-hybridized carbons (Fsp3) is 0.938. The minimum atomic E-state index is -0.435. The van der Waals surface area contributed by atoms with Crippen LogP contribution >= 0.6 is 0 Å². The average Bonchev–Trinajstić information content (AvgIpc) is 2.88. The predicted molar refractivity (Wildman–Crippen MR) is 82.3 cm³/mol. The molecule has 0 unspecified atom stereocenters. The summed E-state index contributed by atoms with van der Waals surface area (Å²) in [5.41, 5.74) is -0.435. The Morgan fingerprint density at radius 3 is 2.67 bits per heavy atom. The molecule has 1 saturated heterocycles. The van der Waals surface area contributed by atoms with Crippen LogP contribution in [0.25, 0.3) is 0 Å². The number of amides is 1. The lowest BCUT2D eigenvalue weighted by atomic mass is 9.84. The molecule has 0 spiro atoms. The lowest BCUT2D eigenvalue weighted by molar-refractivity contribution is 0.0509. The fourth-order valence-electron chi connectivity index (χ4n) is 3.17. The Hall–Kier alpha value is -0.810. The summed E-state index contributed by atoms with van der Waals surface area (Å²) < 4.78 is 10.7. The van der Waals surface area contributed by atoms with Gasteiger partial charge in [0.05, 0.1) is 6.61 Å².